The van der Waals surface area contributed by atoms with Gasteiger partial charge in [-0.3, -0.25) is 0 Å². The molecule has 0 aliphatic heterocycles. The molecular formula is C15H23NO. The second kappa shape index (κ2) is 6.06. The van der Waals surface area contributed by atoms with E-state index in [1.807, 2.05) is 18.2 Å². The minimum Gasteiger partial charge on any atom is -0.508 e. The summed E-state index contributed by atoms with van der Waals surface area (Å²) in [6, 6.07) is 7.95. The van der Waals surface area contributed by atoms with Crippen molar-refractivity contribution in [3.05, 3.63) is 29.8 Å². The Labute approximate surface area is 104 Å². The highest BCUT2D eigenvalue weighted by atomic mass is 16.3. The fourth-order valence-electron chi connectivity index (χ4n) is 2.78. The van der Waals surface area contributed by atoms with Gasteiger partial charge in [-0.05, 0) is 37.8 Å². The zero-order chi connectivity index (χ0) is 12.1. The Morgan fingerprint density at radius 1 is 1.29 bits per heavy atom. The van der Waals surface area contributed by atoms with E-state index in [0.717, 1.165) is 24.4 Å². The van der Waals surface area contributed by atoms with Gasteiger partial charge in [0.1, 0.15) is 5.75 Å². The fourth-order valence-corrected chi connectivity index (χ4v) is 2.78. The van der Waals surface area contributed by atoms with Crippen molar-refractivity contribution >= 4 is 0 Å². The lowest BCUT2D eigenvalue weighted by Crippen LogP contribution is -2.26. The van der Waals surface area contributed by atoms with Crippen LogP contribution in [0.5, 0.6) is 5.75 Å². The standard InChI is InChI=1S/C15H23NO/c1-2-14(13-9-5-6-10-15(13)17)16-11-12-7-3-4-8-12/h5-6,9-10,12,14,16-17H,2-4,7-8,11H2,1H3. The van der Waals surface area contributed by atoms with Crippen molar-refractivity contribution in [1.29, 1.82) is 0 Å². The zero-order valence-corrected chi connectivity index (χ0v) is 10.7. The van der Waals surface area contributed by atoms with Gasteiger partial charge in [-0.2, -0.15) is 0 Å². The molecule has 0 bridgehead atoms. The van der Waals surface area contributed by atoms with E-state index in [1.54, 1.807) is 6.07 Å². The Morgan fingerprint density at radius 3 is 2.65 bits per heavy atom. The maximum atomic E-state index is 9.86. The minimum absolute atomic E-state index is 0.289. The molecule has 1 atom stereocenters. The van der Waals surface area contributed by atoms with Crippen molar-refractivity contribution in [1.82, 2.24) is 5.32 Å². The largest absolute Gasteiger partial charge is 0.508 e. The van der Waals surface area contributed by atoms with Crippen molar-refractivity contribution in [2.24, 2.45) is 5.92 Å². The quantitative estimate of drug-likeness (QED) is 0.814. The maximum Gasteiger partial charge on any atom is 0.120 e. The highest BCUT2D eigenvalue weighted by Crippen LogP contribution is 2.28. The predicted molar refractivity (Wildman–Crippen MR) is 71.1 cm³/mol. The maximum absolute atomic E-state index is 9.86. The number of hydrogen-bond donors (Lipinski definition) is 2. The molecule has 1 aromatic rings. The SMILES string of the molecule is CCC(NCC1CCCC1)c1ccccc1O. The molecule has 0 amide bonds. The monoisotopic (exact) mass is 233 g/mol. The first kappa shape index (κ1) is 12.4. The van der Waals surface area contributed by atoms with Gasteiger partial charge >= 0.3 is 0 Å². The van der Waals surface area contributed by atoms with E-state index in [0.29, 0.717) is 5.75 Å². The summed E-state index contributed by atoms with van der Waals surface area (Å²) < 4.78 is 0. The van der Waals surface area contributed by atoms with Gasteiger partial charge < -0.3 is 10.4 Å². The molecule has 1 aliphatic carbocycles. The predicted octanol–water partition coefficient (Wildman–Crippen LogP) is 3.62. The van der Waals surface area contributed by atoms with Crippen LogP contribution >= 0.6 is 0 Å². The molecule has 0 aromatic heterocycles. The van der Waals surface area contributed by atoms with Crippen LogP contribution in [0.15, 0.2) is 24.3 Å². The average Bonchev–Trinajstić information content (AvgIpc) is 2.85. The molecule has 1 saturated carbocycles. The summed E-state index contributed by atoms with van der Waals surface area (Å²) in [5, 5.41) is 13.5. The lowest BCUT2D eigenvalue weighted by Gasteiger charge is -2.20. The van der Waals surface area contributed by atoms with E-state index in [4.69, 9.17) is 0 Å². The molecule has 1 aliphatic rings. The number of phenols is 1. The van der Waals surface area contributed by atoms with Crippen LogP contribution in [0.25, 0.3) is 0 Å². The molecule has 1 fully saturated rings. The number of hydrogen-bond acceptors (Lipinski definition) is 2. The van der Waals surface area contributed by atoms with E-state index in [2.05, 4.69) is 12.2 Å². The van der Waals surface area contributed by atoms with Crippen LogP contribution in [-0.2, 0) is 0 Å². The van der Waals surface area contributed by atoms with Crippen molar-refractivity contribution < 1.29 is 5.11 Å². The van der Waals surface area contributed by atoms with Crippen molar-refractivity contribution in [2.75, 3.05) is 6.54 Å². The van der Waals surface area contributed by atoms with Crippen LogP contribution in [0.2, 0.25) is 0 Å². The lowest BCUT2D eigenvalue weighted by atomic mass is 10.0. The molecule has 2 nitrogen and oxygen atoms in total. The second-order valence-electron chi connectivity index (χ2n) is 5.08. The van der Waals surface area contributed by atoms with Crippen molar-refractivity contribution in [2.45, 2.75) is 45.1 Å². The van der Waals surface area contributed by atoms with Gasteiger partial charge in [0.2, 0.25) is 0 Å². The number of para-hydroxylation sites is 1. The minimum atomic E-state index is 0.289. The van der Waals surface area contributed by atoms with E-state index >= 15 is 0 Å². The van der Waals surface area contributed by atoms with Gasteiger partial charge in [0.25, 0.3) is 0 Å². The van der Waals surface area contributed by atoms with Gasteiger partial charge in [0.05, 0.1) is 0 Å². The zero-order valence-electron chi connectivity index (χ0n) is 10.7. The molecule has 2 rings (SSSR count). The number of phenolic OH excluding ortho intramolecular Hbond substituents is 1. The summed E-state index contributed by atoms with van der Waals surface area (Å²) in [5.41, 5.74) is 1.04. The molecule has 2 heteroatoms. The smallest absolute Gasteiger partial charge is 0.120 e. The summed E-state index contributed by atoms with van der Waals surface area (Å²) in [5.74, 6) is 1.26. The first-order valence-electron chi connectivity index (χ1n) is 6.82. The molecule has 17 heavy (non-hydrogen) atoms. The van der Waals surface area contributed by atoms with Crippen LogP contribution in [0.1, 0.15) is 50.6 Å². The second-order valence-corrected chi connectivity index (χ2v) is 5.08. The Morgan fingerprint density at radius 2 is 2.00 bits per heavy atom. The van der Waals surface area contributed by atoms with Gasteiger partial charge in [-0.15, -0.1) is 0 Å². The van der Waals surface area contributed by atoms with Crippen LogP contribution in [0.3, 0.4) is 0 Å². The first-order chi connectivity index (χ1) is 8.31. The van der Waals surface area contributed by atoms with E-state index < -0.39 is 0 Å². The Hall–Kier alpha value is -1.02. The van der Waals surface area contributed by atoms with Crippen LogP contribution in [0.4, 0.5) is 0 Å². The summed E-state index contributed by atoms with van der Waals surface area (Å²) >= 11 is 0. The molecular weight excluding hydrogens is 210 g/mol. The summed E-state index contributed by atoms with van der Waals surface area (Å²) in [4.78, 5) is 0. The number of rotatable bonds is 5. The third-order valence-corrected chi connectivity index (χ3v) is 3.85. The van der Waals surface area contributed by atoms with E-state index in [9.17, 15) is 5.11 Å². The third kappa shape index (κ3) is 3.22. The van der Waals surface area contributed by atoms with Gasteiger partial charge in [0, 0.05) is 11.6 Å². The molecule has 2 N–H and O–H groups in total. The number of aromatic hydroxyl groups is 1. The molecule has 94 valence electrons. The van der Waals surface area contributed by atoms with Gasteiger partial charge in [-0.25, -0.2) is 0 Å². The van der Waals surface area contributed by atoms with Gasteiger partial charge in [-0.1, -0.05) is 38.0 Å². The van der Waals surface area contributed by atoms with Crippen molar-refractivity contribution in [3.63, 3.8) is 0 Å². The molecule has 1 aromatic carbocycles. The first-order valence-corrected chi connectivity index (χ1v) is 6.82. The van der Waals surface area contributed by atoms with Crippen LogP contribution in [-0.4, -0.2) is 11.7 Å². The molecule has 0 spiro atoms. The Kier molecular flexibility index (Phi) is 4.43. The molecule has 0 radical (unpaired) electrons. The summed E-state index contributed by atoms with van der Waals surface area (Å²) in [6.45, 7) is 3.26. The normalized spacial score (nSPS) is 18.4. The Bertz CT molecular complexity index is 345. The van der Waals surface area contributed by atoms with Gasteiger partial charge in [0.15, 0.2) is 0 Å². The third-order valence-electron chi connectivity index (χ3n) is 3.85. The fraction of sp³-hybridized carbons (Fsp3) is 0.600. The summed E-state index contributed by atoms with van der Waals surface area (Å²) in [6.07, 6.45) is 6.53. The topological polar surface area (TPSA) is 32.3 Å². The lowest BCUT2D eigenvalue weighted by molar-refractivity contribution is 0.410. The highest BCUT2D eigenvalue weighted by molar-refractivity contribution is 5.34. The highest BCUT2D eigenvalue weighted by Gasteiger charge is 2.18. The Balaban J connectivity index is 1.94. The number of benzene rings is 1. The average molecular weight is 233 g/mol. The van der Waals surface area contributed by atoms with E-state index in [1.165, 1.54) is 25.7 Å². The number of nitrogens with one attached hydrogen (secondary N) is 1. The molecule has 0 heterocycles. The van der Waals surface area contributed by atoms with E-state index in [-0.39, 0.29) is 6.04 Å². The van der Waals surface area contributed by atoms with Crippen LogP contribution in [0, 0.1) is 5.92 Å². The molecule has 0 saturated heterocycles. The van der Waals surface area contributed by atoms with Crippen LogP contribution < -0.4 is 5.32 Å². The molecule has 1 unspecified atom stereocenters. The van der Waals surface area contributed by atoms with Crippen molar-refractivity contribution in [3.8, 4) is 5.75 Å². The summed E-state index contributed by atoms with van der Waals surface area (Å²) in [7, 11) is 0.